The van der Waals surface area contributed by atoms with Gasteiger partial charge in [-0.15, -0.1) is 0 Å². The van der Waals surface area contributed by atoms with Crippen LogP contribution in [0.3, 0.4) is 0 Å². The van der Waals surface area contributed by atoms with E-state index in [4.69, 9.17) is 9.94 Å². The summed E-state index contributed by atoms with van der Waals surface area (Å²) in [6, 6.07) is 1.73. The van der Waals surface area contributed by atoms with Crippen LogP contribution in [-0.4, -0.2) is 45.5 Å². The predicted molar refractivity (Wildman–Crippen MR) is 46.0 cm³/mol. The Morgan fingerprint density at radius 1 is 1.86 bits per heavy atom. The zero-order chi connectivity index (χ0) is 9.97. The van der Waals surface area contributed by atoms with E-state index >= 15 is 0 Å². The number of aliphatic hydroxyl groups is 1. The number of amides is 1. The van der Waals surface area contributed by atoms with Gasteiger partial charge in [-0.05, 0) is 6.07 Å². The second kappa shape index (κ2) is 3.77. The third-order valence-electron chi connectivity index (χ3n) is 1.98. The first-order chi connectivity index (χ1) is 6.75. The molecule has 76 valence electrons. The molecular formula is C8H11N3O3. The first-order valence-corrected chi connectivity index (χ1v) is 4.35. The normalized spacial score (nSPS) is 21.5. The summed E-state index contributed by atoms with van der Waals surface area (Å²) >= 11 is 0. The maximum atomic E-state index is 11.5. The number of rotatable bonds is 2. The van der Waals surface area contributed by atoms with Gasteiger partial charge in [0, 0.05) is 11.9 Å². The van der Waals surface area contributed by atoms with Crippen LogP contribution in [0.1, 0.15) is 5.69 Å². The van der Waals surface area contributed by atoms with Crippen LogP contribution in [0.5, 0.6) is 0 Å². The summed E-state index contributed by atoms with van der Waals surface area (Å²) in [5, 5.41) is 16.7. The van der Waals surface area contributed by atoms with Gasteiger partial charge in [0.2, 0.25) is 0 Å². The molecule has 1 amide bonds. The second-order valence-electron chi connectivity index (χ2n) is 3.16. The summed E-state index contributed by atoms with van der Waals surface area (Å²) in [5.41, 5.74) is 0.736. The highest BCUT2D eigenvalue weighted by molar-refractivity contribution is 5.77. The van der Waals surface area contributed by atoms with Crippen molar-refractivity contribution in [2.24, 2.45) is 0 Å². The maximum Gasteiger partial charge on any atom is 0.252 e. The Labute approximate surface area is 80.4 Å². The molecule has 1 atom stereocenters. The standard InChI is InChI=1S/C8H11N3O3/c12-7-4-11(14-5-7)8(13)3-6-1-2-9-10-6/h1-2,7,12H,3-5H2,(H,9,10)/t7-/m1/s1. The number of carbonyl (C=O) groups is 1. The molecule has 0 saturated carbocycles. The number of hydroxylamine groups is 2. The van der Waals surface area contributed by atoms with Crippen molar-refractivity contribution in [1.82, 2.24) is 15.3 Å². The number of aliphatic hydroxyl groups excluding tert-OH is 1. The maximum absolute atomic E-state index is 11.5. The SMILES string of the molecule is O=C(Cc1ccn[nH]1)N1C[C@@H](O)CO1. The smallest absolute Gasteiger partial charge is 0.252 e. The van der Waals surface area contributed by atoms with Crippen molar-refractivity contribution in [1.29, 1.82) is 0 Å². The van der Waals surface area contributed by atoms with E-state index in [1.165, 1.54) is 5.06 Å². The Bertz CT molecular complexity index is 312. The number of aromatic nitrogens is 2. The molecule has 2 rings (SSSR count). The first-order valence-electron chi connectivity index (χ1n) is 4.35. The molecule has 0 aromatic carbocycles. The van der Waals surface area contributed by atoms with E-state index in [0.29, 0.717) is 0 Å². The molecule has 0 aliphatic carbocycles. The minimum atomic E-state index is -0.569. The number of nitrogens with zero attached hydrogens (tertiary/aromatic N) is 2. The van der Waals surface area contributed by atoms with Crippen molar-refractivity contribution < 1.29 is 14.7 Å². The van der Waals surface area contributed by atoms with E-state index in [1.807, 2.05) is 0 Å². The number of β-amino-alcohol motifs (C(OH)–C–C–N with tert-alkyl or cyclic N) is 1. The van der Waals surface area contributed by atoms with Crippen molar-refractivity contribution in [3.8, 4) is 0 Å². The summed E-state index contributed by atoms with van der Waals surface area (Å²) in [7, 11) is 0. The highest BCUT2D eigenvalue weighted by Crippen LogP contribution is 2.07. The average Bonchev–Trinajstić information content (AvgIpc) is 2.75. The van der Waals surface area contributed by atoms with Crippen molar-refractivity contribution in [2.45, 2.75) is 12.5 Å². The Kier molecular flexibility index (Phi) is 2.47. The van der Waals surface area contributed by atoms with Crippen LogP contribution in [0.25, 0.3) is 0 Å². The van der Waals surface area contributed by atoms with Gasteiger partial charge in [0.05, 0.1) is 19.1 Å². The van der Waals surface area contributed by atoms with Crippen molar-refractivity contribution >= 4 is 5.91 Å². The molecule has 0 spiro atoms. The molecule has 1 fully saturated rings. The van der Waals surface area contributed by atoms with E-state index in [1.54, 1.807) is 12.3 Å². The van der Waals surface area contributed by atoms with Crippen LogP contribution in [0.15, 0.2) is 12.3 Å². The number of aromatic amines is 1. The molecule has 1 aromatic heterocycles. The van der Waals surface area contributed by atoms with E-state index in [-0.39, 0.29) is 25.5 Å². The lowest BCUT2D eigenvalue weighted by molar-refractivity contribution is -0.168. The molecular weight excluding hydrogens is 186 g/mol. The third-order valence-corrected chi connectivity index (χ3v) is 1.98. The molecule has 2 heterocycles. The van der Waals surface area contributed by atoms with Gasteiger partial charge in [0.15, 0.2) is 0 Å². The first kappa shape index (κ1) is 9.17. The Morgan fingerprint density at radius 3 is 3.29 bits per heavy atom. The van der Waals surface area contributed by atoms with Crippen molar-refractivity contribution in [3.63, 3.8) is 0 Å². The molecule has 1 aliphatic rings. The van der Waals surface area contributed by atoms with Crippen LogP contribution in [-0.2, 0) is 16.1 Å². The van der Waals surface area contributed by atoms with Crippen molar-refractivity contribution in [3.05, 3.63) is 18.0 Å². The quantitative estimate of drug-likeness (QED) is 0.643. The van der Waals surface area contributed by atoms with E-state index in [0.717, 1.165) is 5.69 Å². The molecule has 0 radical (unpaired) electrons. The Morgan fingerprint density at radius 2 is 2.71 bits per heavy atom. The summed E-state index contributed by atoms with van der Waals surface area (Å²) in [6.07, 6.45) is 1.23. The van der Waals surface area contributed by atoms with Crippen LogP contribution in [0.4, 0.5) is 0 Å². The molecule has 1 aliphatic heterocycles. The van der Waals surface area contributed by atoms with Gasteiger partial charge in [-0.2, -0.15) is 5.10 Å². The van der Waals surface area contributed by atoms with Crippen LogP contribution >= 0.6 is 0 Å². The monoisotopic (exact) mass is 197 g/mol. The van der Waals surface area contributed by atoms with Crippen LogP contribution < -0.4 is 0 Å². The van der Waals surface area contributed by atoms with Gasteiger partial charge < -0.3 is 5.11 Å². The minimum absolute atomic E-state index is 0.175. The van der Waals surface area contributed by atoms with Gasteiger partial charge in [0.1, 0.15) is 6.61 Å². The molecule has 0 bridgehead atoms. The van der Waals surface area contributed by atoms with E-state index < -0.39 is 6.10 Å². The lowest BCUT2D eigenvalue weighted by Crippen LogP contribution is -2.29. The third kappa shape index (κ3) is 1.91. The molecule has 6 heteroatoms. The highest BCUT2D eigenvalue weighted by atomic mass is 16.7. The fraction of sp³-hybridized carbons (Fsp3) is 0.500. The van der Waals surface area contributed by atoms with Crippen LogP contribution in [0.2, 0.25) is 0 Å². The largest absolute Gasteiger partial charge is 0.389 e. The van der Waals surface area contributed by atoms with Crippen molar-refractivity contribution in [2.75, 3.05) is 13.2 Å². The molecule has 6 nitrogen and oxygen atoms in total. The highest BCUT2D eigenvalue weighted by Gasteiger charge is 2.26. The zero-order valence-electron chi connectivity index (χ0n) is 7.51. The van der Waals surface area contributed by atoms with Gasteiger partial charge in [-0.25, -0.2) is 5.06 Å². The zero-order valence-corrected chi connectivity index (χ0v) is 7.51. The molecule has 0 unspecified atom stereocenters. The number of carbonyl (C=O) groups excluding carboxylic acids is 1. The number of H-pyrrole nitrogens is 1. The van der Waals surface area contributed by atoms with Gasteiger partial charge in [-0.1, -0.05) is 0 Å². The summed E-state index contributed by atoms with van der Waals surface area (Å²) in [5.74, 6) is -0.175. The van der Waals surface area contributed by atoms with Gasteiger partial charge in [-0.3, -0.25) is 14.7 Å². The van der Waals surface area contributed by atoms with E-state index in [9.17, 15) is 4.79 Å². The minimum Gasteiger partial charge on any atom is -0.389 e. The fourth-order valence-corrected chi connectivity index (χ4v) is 1.28. The summed E-state index contributed by atoms with van der Waals surface area (Å²) in [6.45, 7) is 0.432. The molecule has 1 aromatic rings. The van der Waals surface area contributed by atoms with Crippen LogP contribution in [0, 0.1) is 0 Å². The number of hydrogen-bond donors (Lipinski definition) is 2. The fourth-order valence-electron chi connectivity index (χ4n) is 1.28. The summed E-state index contributed by atoms with van der Waals surface area (Å²) in [4.78, 5) is 16.5. The predicted octanol–water partition coefficient (Wildman–Crippen LogP) is -0.913. The van der Waals surface area contributed by atoms with Gasteiger partial charge in [0.25, 0.3) is 5.91 Å². The van der Waals surface area contributed by atoms with Gasteiger partial charge >= 0.3 is 0 Å². The average molecular weight is 197 g/mol. The second-order valence-corrected chi connectivity index (χ2v) is 3.16. The molecule has 1 saturated heterocycles. The Balaban J connectivity index is 1.90. The molecule has 14 heavy (non-hydrogen) atoms. The number of hydrogen-bond acceptors (Lipinski definition) is 4. The lowest BCUT2D eigenvalue weighted by Gasteiger charge is -2.12. The number of nitrogens with one attached hydrogen (secondary N) is 1. The molecule has 2 N–H and O–H groups in total. The topological polar surface area (TPSA) is 78.5 Å². The summed E-state index contributed by atoms with van der Waals surface area (Å²) < 4.78 is 0. The van der Waals surface area contributed by atoms with E-state index in [2.05, 4.69) is 10.2 Å². The Hall–Kier alpha value is -1.40. The lowest BCUT2D eigenvalue weighted by atomic mass is 10.3.